The van der Waals surface area contributed by atoms with Crippen LogP contribution in [0.3, 0.4) is 0 Å². The molecule has 1 aromatic rings. The molecule has 0 spiro atoms. The van der Waals surface area contributed by atoms with Crippen LogP contribution < -0.4 is 11.1 Å². The number of unbranched alkanes of at least 4 members (excludes halogenated alkanes) is 1. The molecule has 1 fully saturated rings. The summed E-state index contributed by atoms with van der Waals surface area (Å²) in [6, 6.07) is 4.87. The quantitative estimate of drug-likeness (QED) is 0.729. The van der Waals surface area contributed by atoms with Gasteiger partial charge in [-0.1, -0.05) is 12.5 Å². The fraction of sp³-hybridized carbons (Fsp3) is 0.588. The van der Waals surface area contributed by atoms with Crippen molar-refractivity contribution in [3.8, 4) is 0 Å². The van der Waals surface area contributed by atoms with Crippen molar-refractivity contribution in [1.29, 1.82) is 0 Å². The number of nitrogens with one attached hydrogen (secondary N) is 1. The smallest absolute Gasteiger partial charge is 0.251 e. The van der Waals surface area contributed by atoms with E-state index < -0.39 is 10.0 Å². The molecule has 0 atom stereocenters. The molecule has 1 aromatic carbocycles. The number of carbonyl (C=O) groups is 1. The second kappa shape index (κ2) is 8.60. The van der Waals surface area contributed by atoms with Gasteiger partial charge in [0.15, 0.2) is 0 Å². The topological polar surface area (TPSA) is 92.5 Å². The lowest BCUT2D eigenvalue weighted by Gasteiger charge is -2.26. The van der Waals surface area contributed by atoms with Crippen molar-refractivity contribution in [2.75, 3.05) is 26.2 Å². The maximum atomic E-state index is 12.9. The highest BCUT2D eigenvalue weighted by Gasteiger charge is 2.28. The number of benzene rings is 1. The molecule has 1 heterocycles. The number of sulfonamides is 1. The first kappa shape index (κ1) is 18.9. The molecule has 24 heavy (non-hydrogen) atoms. The summed E-state index contributed by atoms with van der Waals surface area (Å²) in [4.78, 5) is 12.5. The molecule has 2 rings (SSSR count). The first-order valence-corrected chi connectivity index (χ1v) is 10.00. The second-order valence-corrected chi connectivity index (χ2v) is 8.10. The zero-order valence-electron chi connectivity index (χ0n) is 14.3. The van der Waals surface area contributed by atoms with Gasteiger partial charge in [-0.05, 0) is 56.8 Å². The number of nitrogens with two attached hydrogens (primary N) is 1. The Morgan fingerprint density at radius 1 is 1.21 bits per heavy atom. The average Bonchev–Trinajstić information content (AvgIpc) is 2.59. The molecule has 0 radical (unpaired) electrons. The summed E-state index contributed by atoms with van der Waals surface area (Å²) in [5, 5.41) is 2.81. The van der Waals surface area contributed by atoms with Gasteiger partial charge in [-0.2, -0.15) is 4.31 Å². The van der Waals surface area contributed by atoms with Gasteiger partial charge in [-0.25, -0.2) is 8.42 Å². The van der Waals surface area contributed by atoms with Gasteiger partial charge < -0.3 is 11.1 Å². The van der Waals surface area contributed by atoms with E-state index in [-0.39, 0.29) is 10.8 Å². The largest absolute Gasteiger partial charge is 0.352 e. The Bertz CT molecular complexity index is 668. The Kier molecular flexibility index (Phi) is 6.77. The van der Waals surface area contributed by atoms with Crippen LogP contribution in [0.1, 0.15) is 48.0 Å². The third-order valence-corrected chi connectivity index (χ3v) is 6.34. The molecule has 0 aromatic heterocycles. The van der Waals surface area contributed by atoms with Gasteiger partial charge in [-0.3, -0.25) is 4.79 Å². The Hall–Kier alpha value is -1.44. The van der Waals surface area contributed by atoms with Gasteiger partial charge in [0.25, 0.3) is 5.91 Å². The van der Waals surface area contributed by atoms with Crippen molar-refractivity contribution in [3.63, 3.8) is 0 Å². The van der Waals surface area contributed by atoms with Crippen LogP contribution in [0.2, 0.25) is 0 Å². The van der Waals surface area contributed by atoms with Gasteiger partial charge in [0.2, 0.25) is 10.0 Å². The van der Waals surface area contributed by atoms with E-state index in [1.807, 2.05) is 0 Å². The van der Waals surface area contributed by atoms with E-state index >= 15 is 0 Å². The van der Waals surface area contributed by atoms with Gasteiger partial charge in [0.05, 0.1) is 4.90 Å². The van der Waals surface area contributed by atoms with E-state index in [0.29, 0.717) is 37.3 Å². The molecular formula is C17H27N3O3S. The van der Waals surface area contributed by atoms with E-state index in [0.717, 1.165) is 32.1 Å². The minimum atomic E-state index is -3.54. The van der Waals surface area contributed by atoms with Crippen LogP contribution in [-0.2, 0) is 10.0 Å². The van der Waals surface area contributed by atoms with E-state index in [1.54, 1.807) is 19.1 Å². The SMILES string of the molecule is Cc1ccc(C(=O)NCCCCN)cc1S(=O)(=O)N1CCCCC1. The monoisotopic (exact) mass is 353 g/mol. The van der Waals surface area contributed by atoms with Crippen molar-refractivity contribution in [1.82, 2.24) is 9.62 Å². The van der Waals surface area contributed by atoms with Gasteiger partial charge in [0, 0.05) is 25.2 Å². The molecule has 134 valence electrons. The van der Waals surface area contributed by atoms with Crippen molar-refractivity contribution in [2.45, 2.75) is 43.9 Å². The molecule has 0 saturated carbocycles. The Balaban J connectivity index is 2.17. The molecule has 1 amide bonds. The highest BCUT2D eigenvalue weighted by atomic mass is 32.2. The van der Waals surface area contributed by atoms with Crippen LogP contribution >= 0.6 is 0 Å². The lowest BCUT2D eigenvalue weighted by Crippen LogP contribution is -2.36. The summed E-state index contributed by atoms with van der Waals surface area (Å²) in [6.07, 6.45) is 4.51. The third kappa shape index (κ3) is 4.55. The lowest BCUT2D eigenvalue weighted by atomic mass is 10.1. The molecule has 3 N–H and O–H groups in total. The van der Waals surface area contributed by atoms with Crippen molar-refractivity contribution in [3.05, 3.63) is 29.3 Å². The third-order valence-electron chi connectivity index (χ3n) is 4.30. The molecule has 0 bridgehead atoms. The number of rotatable bonds is 7. The van der Waals surface area contributed by atoms with E-state index in [4.69, 9.17) is 5.73 Å². The van der Waals surface area contributed by atoms with E-state index in [1.165, 1.54) is 10.4 Å². The number of hydrogen-bond donors (Lipinski definition) is 2. The number of hydrogen-bond acceptors (Lipinski definition) is 4. The summed E-state index contributed by atoms with van der Waals surface area (Å²) >= 11 is 0. The number of nitrogens with zero attached hydrogens (tertiary/aromatic N) is 1. The number of aryl methyl sites for hydroxylation is 1. The minimum Gasteiger partial charge on any atom is -0.352 e. The van der Waals surface area contributed by atoms with Crippen molar-refractivity contribution in [2.24, 2.45) is 5.73 Å². The van der Waals surface area contributed by atoms with Crippen LogP contribution in [0.5, 0.6) is 0 Å². The molecule has 7 heteroatoms. The van der Waals surface area contributed by atoms with Crippen molar-refractivity contribution >= 4 is 15.9 Å². The van der Waals surface area contributed by atoms with E-state index in [9.17, 15) is 13.2 Å². The van der Waals surface area contributed by atoms with Crippen LogP contribution in [0, 0.1) is 6.92 Å². The molecule has 0 unspecified atom stereocenters. The number of amides is 1. The lowest BCUT2D eigenvalue weighted by molar-refractivity contribution is 0.0953. The van der Waals surface area contributed by atoms with Crippen molar-refractivity contribution < 1.29 is 13.2 Å². The Morgan fingerprint density at radius 3 is 2.58 bits per heavy atom. The number of carbonyl (C=O) groups excluding carboxylic acids is 1. The Labute approximate surface area is 144 Å². The molecule has 1 saturated heterocycles. The predicted molar refractivity (Wildman–Crippen MR) is 94.4 cm³/mol. The van der Waals surface area contributed by atoms with Crippen LogP contribution in [-0.4, -0.2) is 44.8 Å². The molecule has 1 aliphatic rings. The summed E-state index contributed by atoms with van der Waals surface area (Å²) in [5.41, 5.74) is 6.47. The molecular weight excluding hydrogens is 326 g/mol. The van der Waals surface area contributed by atoms with Gasteiger partial charge in [0.1, 0.15) is 0 Å². The zero-order valence-corrected chi connectivity index (χ0v) is 15.1. The maximum absolute atomic E-state index is 12.9. The number of piperidine rings is 1. The standard InChI is InChI=1S/C17H27N3O3S/c1-14-7-8-15(17(21)19-10-4-3-9-18)13-16(14)24(22,23)20-11-5-2-6-12-20/h7-8,13H,2-6,9-12,18H2,1H3,(H,19,21). The first-order chi connectivity index (χ1) is 11.5. The fourth-order valence-corrected chi connectivity index (χ4v) is 4.60. The van der Waals surface area contributed by atoms with Gasteiger partial charge >= 0.3 is 0 Å². The first-order valence-electron chi connectivity index (χ1n) is 8.56. The Morgan fingerprint density at radius 2 is 1.92 bits per heavy atom. The summed E-state index contributed by atoms with van der Waals surface area (Å²) < 4.78 is 27.3. The summed E-state index contributed by atoms with van der Waals surface area (Å²) in [7, 11) is -3.54. The molecule has 6 nitrogen and oxygen atoms in total. The normalized spacial score (nSPS) is 16.1. The van der Waals surface area contributed by atoms with Crippen LogP contribution in [0.15, 0.2) is 23.1 Å². The predicted octanol–water partition coefficient (Wildman–Crippen LogP) is 1.64. The summed E-state index contributed by atoms with van der Waals surface area (Å²) in [5.74, 6) is -0.248. The van der Waals surface area contributed by atoms with Crippen LogP contribution in [0.4, 0.5) is 0 Å². The van der Waals surface area contributed by atoms with E-state index in [2.05, 4.69) is 5.32 Å². The highest BCUT2D eigenvalue weighted by molar-refractivity contribution is 7.89. The minimum absolute atomic E-state index is 0.235. The highest BCUT2D eigenvalue weighted by Crippen LogP contribution is 2.24. The average molecular weight is 353 g/mol. The zero-order chi connectivity index (χ0) is 17.6. The molecule has 1 aliphatic heterocycles. The fourth-order valence-electron chi connectivity index (χ4n) is 2.84. The molecule has 0 aliphatic carbocycles. The van der Waals surface area contributed by atoms with Gasteiger partial charge in [-0.15, -0.1) is 0 Å². The van der Waals surface area contributed by atoms with Crippen LogP contribution in [0.25, 0.3) is 0 Å². The second-order valence-electron chi connectivity index (χ2n) is 6.20. The summed E-state index contributed by atoms with van der Waals surface area (Å²) in [6.45, 7) is 4.01. The maximum Gasteiger partial charge on any atom is 0.251 e.